The van der Waals surface area contributed by atoms with Crippen molar-refractivity contribution >= 4 is 5.91 Å². The van der Waals surface area contributed by atoms with Crippen molar-refractivity contribution in [2.24, 2.45) is 0 Å². The molecule has 0 N–H and O–H groups in total. The van der Waals surface area contributed by atoms with Crippen molar-refractivity contribution in [2.45, 2.75) is 19.1 Å². The highest BCUT2D eigenvalue weighted by Crippen LogP contribution is 2.23. The molecule has 0 saturated carbocycles. The largest absolute Gasteiger partial charge is 0.346 e. The van der Waals surface area contributed by atoms with Gasteiger partial charge in [-0.05, 0) is 25.0 Å². The number of amides is 1. The number of likely N-dealkylation sites (tertiary alicyclic amines) is 1. The molecule has 2 saturated heterocycles. The van der Waals surface area contributed by atoms with Crippen LogP contribution in [0.3, 0.4) is 0 Å². The molecule has 2 fully saturated rings. The first kappa shape index (κ1) is 11.7. The SMILES string of the molecule is O=C(c1ccc(C2OCCO2)cc1)N1CCCC1. The number of carbonyl (C=O) groups is 1. The maximum atomic E-state index is 12.1. The van der Waals surface area contributed by atoms with Gasteiger partial charge in [-0.3, -0.25) is 4.79 Å². The van der Waals surface area contributed by atoms with E-state index in [1.165, 1.54) is 0 Å². The first-order valence-corrected chi connectivity index (χ1v) is 6.47. The van der Waals surface area contributed by atoms with Gasteiger partial charge in [-0.15, -0.1) is 0 Å². The third kappa shape index (κ3) is 2.26. The number of hydrogen-bond donors (Lipinski definition) is 0. The van der Waals surface area contributed by atoms with Crippen LogP contribution in [0.1, 0.15) is 35.1 Å². The second-order valence-electron chi connectivity index (χ2n) is 4.69. The van der Waals surface area contributed by atoms with Gasteiger partial charge in [0, 0.05) is 24.2 Å². The van der Waals surface area contributed by atoms with E-state index in [0.29, 0.717) is 13.2 Å². The minimum atomic E-state index is -0.263. The van der Waals surface area contributed by atoms with Crippen molar-refractivity contribution in [3.63, 3.8) is 0 Å². The van der Waals surface area contributed by atoms with Crippen LogP contribution in [0.5, 0.6) is 0 Å². The van der Waals surface area contributed by atoms with Crippen LogP contribution in [0.4, 0.5) is 0 Å². The molecule has 0 aliphatic carbocycles. The molecule has 96 valence electrons. The zero-order chi connectivity index (χ0) is 12.4. The van der Waals surface area contributed by atoms with Gasteiger partial charge in [-0.2, -0.15) is 0 Å². The smallest absolute Gasteiger partial charge is 0.253 e. The summed E-state index contributed by atoms with van der Waals surface area (Å²) in [6, 6.07) is 7.56. The molecule has 1 aromatic carbocycles. The lowest BCUT2D eigenvalue weighted by atomic mass is 10.1. The molecule has 0 radical (unpaired) electrons. The van der Waals surface area contributed by atoms with Crippen molar-refractivity contribution in [1.82, 2.24) is 4.90 Å². The van der Waals surface area contributed by atoms with E-state index in [-0.39, 0.29) is 12.2 Å². The van der Waals surface area contributed by atoms with E-state index < -0.39 is 0 Å². The maximum Gasteiger partial charge on any atom is 0.253 e. The topological polar surface area (TPSA) is 38.8 Å². The standard InChI is InChI=1S/C14H17NO3/c16-13(15-7-1-2-8-15)11-3-5-12(6-4-11)14-17-9-10-18-14/h3-6,14H,1-2,7-10H2. The molecule has 0 atom stereocenters. The van der Waals surface area contributed by atoms with Crippen LogP contribution in [-0.4, -0.2) is 37.1 Å². The number of rotatable bonds is 2. The Morgan fingerprint density at radius 1 is 1.06 bits per heavy atom. The van der Waals surface area contributed by atoms with E-state index in [9.17, 15) is 4.79 Å². The van der Waals surface area contributed by atoms with E-state index in [1.54, 1.807) is 0 Å². The summed E-state index contributed by atoms with van der Waals surface area (Å²) in [5.41, 5.74) is 1.73. The van der Waals surface area contributed by atoms with Crippen LogP contribution >= 0.6 is 0 Å². The zero-order valence-electron chi connectivity index (χ0n) is 10.3. The zero-order valence-corrected chi connectivity index (χ0v) is 10.3. The van der Waals surface area contributed by atoms with Gasteiger partial charge in [-0.25, -0.2) is 0 Å². The van der Waals surface area contributed by atoms with Gasteiger partial charge in [0.25, 0.3) is 5.91 Å². The molecule has 0 aromatic heterocycles. The highest BCUT2D eigenvalue weighted by atomic mass is 16.7. The third-order valence-electron chi connectivity index (χ3n) is 3.44. The monoisotopic (exact) mass is 247 g/mol. The average molecular weight is 247 g/mol. The van der Waals surface area contributed by atoms with Crippen LogP contribution in [0.15, 0.2) is 24.3 Å². The van der Waals surface area contributed by atoms with Crippen molar-refractivity contribution in [2.75, 3.05) is 26.3 Å². The van der Waals surface area contributed by atoms with Crippen molar-refractivity contribution in [3.05, 3.63) is 35.4 Å². The molecule has 0 bridgehead atoms. The summed E-state index contributed by atoms with van der Waals surface area (Å²) < 4.78 is 10.8. The summed E-state index contributed by atoms with van der Waals surface area (Å²) >= 11 is 0. The summed E-state index contributed by atoms with van der Waals surface area (Å²) in [6.45, 7) is 3.04. The Hall–Kier alpha value is -1.39. The molecule has 18 heavy (non-hydrogen) atoms. The summed E-state index contributed by atoms with van der Waals surface area (Å²) in [6.07, 6.45) is 1.97. The predicted octanol–water partition coefficient (Wildman–Crippen LogP) is 1.97. The van der Waals surface area contributed by atoms with Crippen molar-refractivity contribution in [3.8, 4) is 0 Å². The molecule has 4 nitrogen and oxygen atoms in total. The van der Waals surface area contributed by atoms with Crippen molar-refractivity contribution < 1.29 is 14.3 Å². The molecule has 3 rings (SSSR count). The average Bonchev–Trinajstić information content (AvgIpc) is 3.11. The summed E-state index contributed by atoms with van der Waals surface area (Å²) in [4.78, 5) is 14.1. The highest BCUT2D eigenvalue weighted by molar-refractivity contribution is 5.94. The minimum absolute atomic E-state index is 0.132. The summed E-state index contributed by atoms with van der Waals surface area (Å²) in [5.74, 6) is 0.132. The molecule has 0 unspecified atom stereocenters. The van der Waals surface area contributed by atoms with Gasteiger partial charge < -0.3 is 14.4 Å². The van der Waals surface area contributed by atoms with Gasteiger partial charge >= 0.3 is 0 Å². The fourth-order valence-corrected chi connectivity index (χ4v) is 2.44. The van der Waals surface area contributed by atoms with Crippen LogP contribution in [0, 0.1) is 0 Å². The number of nitrogens with zero attached hydrogens (tertiary/aromatic N) is 1. The Balaban J connectivity index is 1.71. The first-order chi connectivity index (χ1) is 8.84. The van der Waals surface area contributed by atoms with Gasteiger partial charge in [0.05, 0.1) is 13.2 Å². The van der Waals surface area contributed by atoms with E-state index in [2.05, 4.69) is 0 Å². The second kappa shape index (κ2) is 5.08. The first-order valence-electron chi connectivity index (χ1n) is 6.47. The number of ether oxygens (including phenoxy) is 2. The van der Waals surface area contributed by atoms with Gasteiger partial charge in [0.15, 0.2) is 6.29 Å². The highest BCUT2D eigenvalue weighted by Gasteiger charge is 2.21. The molecule has 2 heterocycles. The Bertz CT molecular complexity index is 417. The van der Waals surface area contributed by atoms with Crippen LogP contribution in [0.2, 0.25) is 0 Å². The Labute approximate surface area is 106 Å². The van der Waals surface area contributed by atoms with Crippen molar-refractivity contribution in [1.29, 1.82) is 0 Å². The van der Waals surface area contributed by atoms with Crippen LogP contribution in [-0.2, 0) is 9.47 Å². The summed E-state index contributed by atoms with van der Waals surface area (Å²) in [5, 5.41) is 0. The van der Waals surface area contributed by atoms with Gasteiger partial charge in [-0.1, -0.05) is 12.1 Å². The quantitative estimate of drug-likeness (QED) is 0.802. The second-order valence-corrected chi connectivity index (χ2v) is 4.69. The third-order valence-corrected chi connectivity index (χ3v) is 3.44. The normalized spacial score (nSPS) is 20.6. The molecule has 1 aromatic rings. The van der Waals surface area contributed by atoms with Gasteiger partial charge in [0.1, 0.15) is 0 Å². The Kier molecular flexibility index (Phi) is 3.30. The Morgan fingerprint density at radius 2 is 1.67 bits per heavy atom. The molecular weight excluding hydrogens is 230 g/mol. The van der Waals surface area contributed by atoms with E-state index in [4.69, 9.17) is 9.47 Å². The molecule has 2 aliphatic rings. The predicted molar refractivity (Wildman–Crippen MR) is 66.2 cm³/mol. The lowest BCUT2D eigenvalue weighted by Crippen LogP contribution is -2.27. The fourth-order valence-electron chi connectivity index (χ4n) is 2.44. The minimum Gasteiger partial charge on any atom is -0.346 e. The molecule has 0 spiro atoms. The molecular formula is C14H17NO3. The van der Waals surface area contributed by atoms with E-state index >= 15 is 0 Å². The maximum absolute atomic E-state index is 12.1. The van der Waals surface area contributed by atoms with Crippen LogP contribution < -0.4 is 0 Å². The number of carbonyl (C=O) groups excluding carboxylic acids is 1. The molecule has 4 heteroatoms. The summed E-state index contributed by atoms with van der Waals surface area (Å²) in [7, 11) is 0. The fraction of sp³-hybridized carbons (Fsp3) is 0.500. The number of hydrogen-bond acceptors (Lipinski definition) is 3. The lowest BCUT2D eigenvalue weighted by molar-refractivity contribution is -0.0441. The lowest BCUT2D eigenvalue weighted by Gasteiger charge is -2.16. The molecule has 1 amide bonds. The van der Waals surface area contributed by atoms with E-state index in [0.717, 1.165) is 37.1 Å². The Morgan fingerprint density at radius 3 is 2.28 bits per heavy atom. The number of benzene rings is 1. The molecule has 2 aliphatic heterocycles. The van der Waals surface area contributed by atoms with E-state index in [1.807, 2.05) is 29.2 Å². The van der Waals surface area contributed by atoms with Gasteiger partial charge in [0.2, 0.25) is 0 Å². The van der Waals surface area contributed by atoms with Crippen LogP contribution in [0.25, 0.3) is 0 Å².